The van der Waals surface area contributed by atoms with Crippen LogP contribution in [0.4, 0.5) is 0 Å². The summed E-state index contributed by atoms with van der Waals surface area (Å²) >= 11 is 0. The first-order valence-corrected chi connectivity index (χ1v) is 3.08. The lowest BCUT2D eigenvalue weighted by atomic mass is 10.2. The summed E-state index contributed by atoms with van der Waals surface area (Å²) in [6.07, 6.45) is 6.02. The number of rotatable bonds is 0. The zero-order chi connectivity index (χ0) is 6.10. The van der Waals surface area contributed by atoms with Crippen LogP contribution >= 0.6 is 0 Å². The molecule has 0 saturated carbocycles. The summed E-state index contributed by atoms with van der Waals surface area (Å²) < 4.78 is 0. The second-order valence-electron chi connectivity index (χ2n) is 2.21. The lowest BCUT2D eigenvalue weighted by molar-refractivity contribution is 0.676. The molecule has 2 aliphatic rings. The highest BCUT2D eigenvalue weighted by molar-refractivity contribution is 5.23. The van der Waals surface area contributed by atoms with Crippen molar-refractivity contribution in [2.24, 2.45) is 0 Å². The first-order valence-electron chi connectivity index (χ1n) is 3.08. The number of hydrazine groups is 1. The van der Waals surface area contributed by atoms with Gasteiger partial charge in [-0.15, -0.1) is 0 Å². The third-order valence-corrected chi connectivity index (χ3v) is 1.58. The maximum Gasteiger partial charge on any atom is 0.0811 e. The Hall–Kier alpha value is -0.960. The van der Waals surface area contributed by atoms with Crippen molar-refractivity contribution in [3.8, 4) is 0 Å². The SMILES string of the molecule is C1=CNC2CNNC2=C1. The molecular weight excluding hydrogens is 114 g/mol. The molecule has 3 nitrogen and oxygen atoms in total. The second-order valence-corrected chi connectivity index (χ2v) is 2.21. The smallest absolute Gasteiger partial charge is 0.0811 e. The van der Waals surface area contributed by atoms with Gasteiger partial charge in [0.15, 0.2) is 0 Å². The fourth-order valence-corrected chi connectivity index (χ4v) is 1.08. The second kappa shape index (κ2) is 1.77. The lowest BCUT2D eigenvalue weighted by Gasteiger charge is -2.12. The van der Waals surface area contributed by atoms with E-state index in [-0.39, 0.29) is 0 Å². The van der Waals surface area contributed by atoms with Gasteiger partial charge in [0, 0.05) is 12.2 Å². The van der Waals surface area contributed by atoms with Gasteiger partial charge in [-0.25, -0.2) is 5.43 Å². The predicted octanol–water partition coefficient (Wildman–Crippen LogP) is -0.536. The standard InChI is InChI=1S/C6H9N3/c1-2-5-6(7-3-1)4-8-9-5/h1-3,6-9H,4H2. The highest BCUT2D eigenvalue weighted by Crippen LogP contribution is 2.05. The van der Waals surface area contributed by atoms with E-state index in [9.17, 15) is 0 Å². The quantitative estimate of drug-likeness (QED) is 0.405. The minimum atomic E-state index is 0.468. The van der Waals surface area contributed by atoms with Crippen molar-refractivity contribution >= 4 is 0 Å². The molecule has 0 bridgehead atoms. The molecule has 2 rings (SSSR count). The van der Waals surface area contributed by atoms with E-state index in [1.807, 2.05) is 12.3 Å². The average Bonchev–Trinajstić information content (AvgIpc) is 2.33. The van der Waals surface area contributed by atoms with Gasteiger partial charge in [-0.3, -0.25) is 0 Å². The topological polar surface area (TPSA) is 36.1 Å². The first-order chi connectivity index (χ1) is 4.47. The molecule has 3 heteroatoms. The molecule has 1 unspecified atom stereocenters. The maximum atomic E-state index is 3.21. The van der Waals surface area contributed by atoms with Gasteiger partial charge in [0.2, 0.25) is 0 Å². The highest BCUT2D eigenvalue weighted by atomic mass is 15.4. The van der Waals surface area contributed by atoms with Gasteiger partial charge in [-0.05, 0) is 18.4 Å². The summed E-state index contributed by atoms with van der Waals surface area (Å²) in [4.78, 5) is 0. The Morgan fingerprint density at radius 3 is 3.44 bits per heavy atom. The number of nitrogens with one attached hydrogen (secondary N) is 3. The van der Waals surface area contributed by atoms with Crippen LogP contribution in [0.25, 0.3) is 0 Å². The molecule has 2 aliphatic heterocycles. The van der Waals surface area contributed by atoms with Crippen LogP contribution in [0.15, 0.2) is 24.0 Å². The van der Waals surface area contributed by atoms with Crippen LogP contribution in [-0.4, -0.2) is 12.6 Å². The average molecular weight is 123 g/mol. The molecule has 0 aromatic carbocycles. The van der Waals surface area contributed by atoms with Crippen LogP contribution in [-0.2, 0) is 0 Å². The Morgan fingerprint density at radius 2 is 2.56 bits per heavy atom. The summed E-state index contributed by atoms with van der Waals surface area (Å²) in [5, 5.41) is 3.21. The predicted molar refractivity (Wildman–Crippen MR) is 35.3 cm³/mol. The highest BCUT2D eigenvalue weighted by Gasteiger charge is 2.18. The zero-order valence-electron chi connectivity index (χ0n) is 5.02. The minimum Gasteiger partial charge on any atom is -0.381 e. The summed E-state index contributed by atoms with van der Waals surface area (Å²) in [6.45, 7) is 0.968. The Bertz CT molecular complexity index is 171. The number of fused-ring (bicyclic) bond motifs is 1. The fraction of sp³-hybridized carbons (Fsp3) is 0.333. The minimum absolute atomic E-state index is 0.468. The van der Waals surface area contributed by atoms with Gasteiger partial charge >= 0.3 is 0 Å². The monoisotopic (exact) mass is 123 g/mol. The van der Waals surface area contributed by atoms with E-state index in [4.69, 9.17) is 0 Å². The molecule has 2 heterocycles. The Morgan fingerprint density at radius 1 is 1.56 bits per heavy atom. The molecule has 0 amide bonds. The summed E-state index contributed by atoms with van der Waals surface area (Å²) in [7, 11) is 0. The van der Waals surface area contributed by atoms with Crippen LogP contribution in [0.2, 0.25) is 0 Å². The molecule has 1 fully saturated rings. The van der Waals surface area contributed by atoms with Crippen LogP contribution < -0.4 is 16.2 Å². The molecule has 0 aliphatic carbocycles. The van der Waals surface area contributed by atoms with E-state index in [1.165, 1.54) is 5.70 Å². The molecule has 1 atom stereocenters. The van der Waals surface area contributed by atoms with Crippen molar-refractivity contribution in [1.82, 2.24) is 16.2 Å². The Kier molecular flexibility index (Phi) is 0.960. The normalized spacial score (nSPS) is 30.2. The van der Waals surface area contributed by atoms with E-state index < -0.39 is 0 Å². The molecule has 3 N–H and O–H groups in total. The summed E-state index contributed by atoms with van der Waals surface area (Å²) in [5.41, 5.74) is 7.33. The van der Waals surface area contributed by atoms with Crippen molar-refractivity contribution in [3.05, 3.63) is 24.0 Å². The van der Waals surface area contributed by atoms with Crippen LogP contribution in [0.5, 0.6) is 0 Å². The third kappa shape index (κ3) is 0.695. The number of dihydropyridines is 1. The number of hydrogen-bond donors (Lipinski definition) is 3. The van der Waals surface area contributed by atoms with Crippen molar-refractivity contribution in [1.29, 1.82) is 0 Å². The van der Waals surface area contributed by atoms with Crippen LogP contribution in [0.1, 0.15) is 0 Å². The first kappa shape index (κ1) is 4.88. The summed E-state index contributed by atoms with van der Waals surface area (Å²) in [5.74, 6) is 0. The van der Waals surface area contributed by atoms with Crippen LogP contribution in [0.3, 0.4) is 0 Å². The van der Waals surface area contributed by atoms with E-state index in [1.54, 1.807) is 0 Å². The van der Waals surface area contributed by atoms with E-state index >= 15 is 0 Å². The molecular formula is C6H9N3. The number of hydrogen-bond acceptors (Lipinski definition) is 3. The van der Waals surface area contributed by atoms with Crippen molar-refractivity contribution in [2.45, 2.75) is 6.04 Å². The molecule has 0 spiro atoms. The molecule has 9 heavy (non-hydrogen) atoms. The van der Waals surface area contributed by atoms with E-state index in [0.717, 1.165) is 6.54 Å². The van der Waals surface area contributed by atoms with E-state index in [0.29, 0.717) is 6.04 Å². The summed E-state index contributed by atoms with van der Waals surface area (Å²) in [6, 6.07) is 0.468. The molecule has 0 aromatic rings. The van der Waals surface area contributed by atoms with Gasteiger partial charge in [0.05, 0.1) is 6.04 Å². The van der Waals surface area contributed by atoms with Gasteiger partial charge in [0.25, 0.3) is 0 Å². The largest absolute Gasteiger partial charge is 0.381 e. The molecule has 48 valence electrons. The van der Waals surface area contributed by atoms with Crippen LogP contribution in [0, 0.1) is 0 Å². The Balaban J connectivity index is 2.23. The third-order valence-electron chi connectivity index (χ3n) is 1.58. The van der Waals surface area contributed by atoms with Gasteiger partial charge in [0.1, 0.15) is 0 Å². The van der Waals surface area contributed by atoms with Gasteiger partial charge in [-0.1, -0.05) is 0 Å². The van der Waals surface area contributed by atoms with Gasteiger partial charge in [-0.2, -0.15) is 0 Å². The van der Waals surface area contributed by atoms with Crippen molar-refractivity contribution < 1.29 is 0 Å². The molecule has 1 saturated heterocycles. The van der Waals surface area contributed by atoms with E-state index in [2.05, 4.69) is 22.2 Å². The lowest BCUT2D eigenvalue weighted by Crippen LogP contribution is -2.29. The maximum absolute atomic E-state index is 3.21. The molecule has 0 aromatic heterocycles. The molecule has 0 radical (unpaired) electrons. The van der Waals surface area contributed by atoms with Crippen molar-refractivity contribution in [2.75, 3.05) is 6.54 Å². The Labute approximate surface area is 53.8 Å². The van der Waals surface area contributed by atoms with Gasteiger partial charge < -0.3 is 10.7 Å². The zero-order valence-corrected chi connectivity index (χ0v) is 5.02. The number of allylic oxidation sites excluding steroid dienone is 2. The fourth-order valence-electron chi connectivity index (χ4n) is 1.08. The van der Waals surface area contributed by atoms with Crippen molar-refractivity contribution in [3.63, 3.8) is 0 Å².